The molecule has 230 valence electrons. The van der Waals surface area contributed by atoms with Crippen LogP contribution in [0.15, 0.2) is 30.3 Å². The van der Waals surface area contributed by atoms with Gasteiger partial charge in [0.2, 0.25) is 0 Å². The van der Waals surface area contributed by atoms with E-state index in [1.165, 1.54) is 31.4 Å². The van der Waals surface area contributed by atoms with Crippen LogP contribution >= 0.6 is 0 Å². The van der Waals surface area contributed by atoms with Crippen LogP contribution in [0.2, 0.25) is 18.1 Å². The number of fused-ring (bicyclic) bond motifs is 1. The number of aliphatic hydroxyl groups excluding tert-OH is 1. The number of aliphatic hydroxyl groups is 1. The summed E-state index contributed by atoms with van der Waals surface area (Å²) in [6.07, 6.45) is 2.46. The molecule has 1 saturated carbocycles. The molecule has 2 atom stereocenters. The lowest BCUT2D eigenvalue weighted by molar-refractivity contribution is -0.137. The minimum Gasteiger partial charge on any atom is -0.410 e. The number of benzene rings is 1. The molecule has 1 fully saturated rings. The van der Waals surface area contributed by atoms with Crippen LogP contribution in [0.5, 0.6) is 0 Å². The van der Waals surface area contributed by atoms with E-state index in [2.05, 4.69) is 53.8 Å². The first-order valence-electron chi connectivity index (χ1n) is 15.4. The van der Waals surface area contributed by atoms with Gasteiger partial charge in [-0.25, -0.2) is 0 Å². The highest BCUT2D eigenvalue weighted by atomic mass is 28.4. The average molecular weight is 602 g/mol. The third-order valence-corrected chi connectivity index (χ3v) is 14.7. The third kappa shape index (κ3) is 5.89. The topological polar surface area (TPSA) is 51.6 Å². The lowest BCUT2D eigenvalue weighted by atomic mass is 9.59. The Morgan fingerprint density at radius 3 is 2.26 bits per heavy atom. The summed E-state index contributed by atoms with van der Waals surface area (Å²) in [4.78, 5) is 5.33. The van der Waals surface area contributed by atoms with Crippen molar-refractivity contribution in [3.05, 3.63) is 69.5 Å². The number of halogens is 3. The number of hydrogen-bond acceptors (Lipinski definition) is 4. The Morgan fingerprint density at radius 2 is 1.76 bits per heavy atom. The molecule has 8 heteroatoms. The fourth-order valence-electron chi connectivity index (χ4n) is 6.62. The maximum atomic E-state index is 13.4. The van der Waals surface area contributed by atoms with Crippen molar-refractivity contribution in [3.8, 4) is 0 Å². The molecule has 2 aromatic rings. The van der Waals surface area contributed by atoms with Gasteiger partial charge in [0.05, 0.1) is 24.9 Å². The number of pyridine rings is 1. The Balaban J connectivity index is 1.75. The van der Waals surface area contributed by atoms with Gasteiger partial charge in [-0.1, -0.05) is 59.2 Å². The third-order valence-electron chi connectivity index (χ3n) is 10.2. The summed E-state index contributed by atoms with van der Waals surface area (Å²) in [6, 6.07) is 4.89. The van der Waals surface area contributed by atoms with E-state index >= 15 is 0 Å². The van der Waals surface area contributed by atoms with Gasteiger partial charge in [-0.05, 0) is 90.4 Å². The molecule has 1 N–H and O–H groups in total. The van der Waals surface area contributed by atoms with Gasteiger partial charge >= 0.3 is 6.18 Å². The molecule has 2 aliphatic carbocycles. The second-order valence-electron chi connectivity index (χ2n) is 14.5. The molecule has 1 aromatic heterocycles. The molecule has 0 saturated heterocycles. The molecule has 5 rings (SSSR count). The molecule has 0 bridgehead atoms. The van der Waals surface area contributed by atoms with Gasteiger partial charge in [0, 0.05) is 22.5 Å². The number of hydrogen-bond donors (Lipinski definition) is 1. The smallest absolute Gasteiger partial charge is 0.410 e. The summed E-state index contributed by atoms with van der Waals surface area (Å²) < 4.78 is 53.1. The van der Waals surface area contributed by atoms with E-state index < -0.39 is 26.2 Å². The molecule has 1 aromatic carbocycles. The minimum atomic E-state index is -4.44. The number of ether oxygens (including phenoxy) is 1. The number of rotatable bonds is 6. The summed E-state index contributed by atoms with van der Waals surface area (Å²) in [6.45, 7) is 16.5. The largest absolute Gasteiger partial charge is 0.416 e. The minimum absolute atomic E-state index is 0.00705. The highest BCUT2D eigenvalue weighted by Gasteiger charge is 2.49. The highest BCUT2D eigenvalue weighted by Crippen LogP contribution is 2.57. The van der Waals surface area contributed by atoms with Gasteiger partial charge in [-0.15, -0.1) is 0 Å². The first kappa shape index (κ1) is 31.4. The van der Waals surface area contributed by atoms with Crippen molar-refractivity contribution >= 4 is 13.9 Å². The predicted octanol–water partition coefficient (Wildman–Crippen LogP) is 9.29. The van der Waals surface area contributed by atoms with Crippen LogP contribution in [0.1, 0.15) is 124 Å². The number of aromatic nitrogens is 1. The Bertz CT molecular complexity index is 1340. The fraction of sp³-hybridized carbons (Fsp3) is 0.618. The van der Waals surface area contributed by atoms with Crippen molar-refractivity contribution in [2.45, 2.75) is 116 Å². The van der Waals surface area contributed by atoms with E-state index in [-0.39, 0.29) is 22.5 Å². The zero-order valence-corrected chi connectivity index (χ0v) is 27.1. The average Bonchev–Trinajstić information content (AvgIpc) is 2.89. The summed E-state index contributed by atoms with van der Waals surface area (Å²) in [5.41, 5.74) is 5.64. The van der Waals surface area contributed by atoms with Crippen molar-refractivity contribution in [1.82, 2.24) is 4.98 Å². The van der Waals surface area contributed by atoms with Crippen LogP contribution < -0.4 is 0 Å². The van der Waals surface area contributed by atoms with Gasteiger partial charge in [-0.2, -0.15) is 13.2 Å². The molecule has 1 spiro atoms. The predicted molar refractivity (Wildman–Crippen MR) is 163 cm³/mol. The zero-order chi connectivity index (χ0) is 30.7. The van der Waals surface area contributed by atoms with Gasteiger partial charge < -0.3 is 14.3 Å². The Labute approximate surface area is 249 Å². The van der Waals surface area contributed by atoms with E-state index in [1.54, 1.807) is 0 Å². The van der Waals surface area contributed by atoms with Crippen LogP contribution in [0.3, 0.4) is 0 Å². The molecular weight excluding hydrogens is 555 g/mol. The van der Waals surface area contributed by atoms with Gasteiger partial charge in [0.15, 0.2) is 8.32 Å². The van der Waals surface area contributed by atoms with Crippen molar-refractivity contribution in [3.63, 3.8) is 0 Å². The maximum absolute atomic E-state index is 13.4. The van der Waals surface area contributed by atoms with E-state index in [4.69, 9.17) is 14.1 Å². The van der Waals surface area contributed by atoms with Crippen molar-refractivity contribution < 1.29 is 27.4 Å². The maximum Gasteiger partial charge on any atom is 0.416 e. The molecule has 2 heterocycles. The standard InChI is InChI=1S/C34H46F3NO3Si/c1-21(2)30-29(31(39)23-9-11-24(12-10-23)34(35,36)37)27(22-13-17-40-18-14-22)28-25(38-30)19-33(15-8-16-33)20-26(28)41-42(6,7)32(3,4)5/h9-13,21,26,31,39H,8,14-20H2,1-7H3. The lowest BCUT2D eigenvalue weighted by Gasteiger charge is -2.51. The zero-order valence-electron chi connectivity index (χ0n) is 26.1. The Hall–Kier alpha value is -2.00. The Morgan fingerprint density at radius 1 is 1.10 bits per heavy atom. The van der Waals surface area contributed by atoms with Crippen LogP contribution in [-0.4, -0.2) is 31.6 Å². The molecule has 42 heavy (non-hydrogen) atoms. The van der Waals surface area contributed by atoms with Crippen LogP contribution in [-0.2, 0) is 21.8 Å². The number of alkyl halides is 3. The molecule has 4 nitrogen and oxygen atoms in total. The molecule has 3 aliphatic rings. The first-order chi connectivity index (χ1) is 19.5. The highest BCUT2D eigenvalue weighted by molar-refractivity contribution is 6.74. The molecule has 0 radical (unpaired) electrons. The summed E-state index contributed by atoms with van der Waals surface area (Å²) >= 11 is 0. The lowest BCUT2D eigenvalue weighted by Crippen LogP contribution is -2.46. The quantitative estimate of drug-likeness (QED) is 0.335. The summed E-state index contributed by atoms with van der Waals surface area (Å²) in [5.74, 6) is 0.00705. The normalized spacial score (nSPS) is 21.6. The van der Waals surface area contributed by atoms with E-state index in [1.807, 2.05) is 0 Å². The monoisotopic (exact) mass is 601 g/mol. The van der Waals surface area contributed by atoms with Crippen molar-refractivity contribution in [2.75, 3.05) is 13.2 Å². The van der Waals surface area contributed by atoms with Crippen LogP contribution in [0.4, 0.5) is 13.2 Å². The van der Waals surface area contributed by atoms with Crippen LogP contribution in [0, 0.1) is 5.41 Å². The SMILES string of the molecule is CC(C)c1nc2c(c(C3=CCOCC3)c1C(O)c1ccc(C(F)(F)F)cc1)C(O[Si](C)(C)C(C)(C)C)CC1(CCC1)C2. The fourth-order valence-corrected chi connectivity index (χ4v) is 7.88. The molecule has 0 amide bonds. The van der Waals surface area contributed by atoms with Gasteiger partial charge in [-0.3, -0.25) is 4.98 Å². The molecular formula is C34H46F3NO3Si. The number of nitrogens with zero attached hydrogens (tertiary/aromatic N) is 1. The Kier molecular flexibility index (Phi) is 8.36. The van der Waals surface area contributed by atoms with Gasteiger partial charge in [0.1, 0.15) is 6.10 Å². The first-order valence-corrected chi connectivity index (χ1v) is 18.3. The summed E-state index contributed by atoms with van der Waals surface area (Å²) in [7, 11) is -2.19. The van der Waals surface area contributed by atoms with Crippen molar-refractivity contribution in [1.29, 1.82) is 0 Å². The van der Waals surface area contributed by atoms with E-state index in [0.717, 1.165) is 53.1 Å². The van der Waals surface area contributed by atoms with E-state index in [9.17, 15) is 18.3 Å². The van der Waals surface area contributed by atoms with Crippen molar-refractivity contribution in [2.24, 2.45) is 5.41 Å². The second-order valence-corrected chi connectivity index (χ2v) is 19.2. The molecule has 1 aliphatic heterocycles. The van der Waals surface area contributed by atoms with Crippen LogP contribution in [0.25, 0.3) is 5.57 Å². The second kappa shape index (κ2) is 11.2. The van der Waals surface area contributed by atoms with Gasteiger partial charge in [0.25, 0.3) is 0 Å². The molecule has 2 unspecified atom stereocenters. The summed E-state index contributed by atoms with van der Waals surface area (Å²) in [5, 5.41) is 12.0. The van der Waals surface area contributed by atoms with E-state index in [0.29, 0.717) is 30.8 Å².